The zero-order valence-electron chi connectivity index (χ0n) is 5.24. The largest absolute Gasteiger partial charge is 0.109 e. The molecule has 0 nitrogen and oxygen atoms in total. The molecule has 0 bridgehead atoms. The highest BCUT2D eigenvalue weighted by molar-refractivity contribution is 7.25. The minimum Gasteiger partial charge on any atom is -0.109 e. The Labute approximate surface area is 50.3 Å². The lowest BCUT2D eigenvalue weighted by molar-refractivity contribution is 1.90. The van der Waals surface area contributed by atoms with Gasteiger partial charge in [0.15, 0.2) is 0 Å². The maximum absolute atomic E-state index is 3.76. The van der Waals surface area contributed by atoms with Gasteiger partial charge >= 0.3 is 0 Å². The quantitative estimate of drug-likeness (QED) is 0.261. The van der Waals surface area contributed by atoms with E-state index in [0.717, 1.165) is 6.22 Å². The third-order valence-corrected chi connectivity index (χ3v) is 1.10. The third-order valence-electron chi connectivity index (χ3n) is 1.10. The van der Waals surface area contributed by atoms with Crippen LogP contribution in [0.3, 0.4) is 0 Å². The van der Waals surface area contributed by atoms with E-state index in [1.165, 1.54) is 27.7 Å². The highest BCUT2D eigenvalue weighted by Gasteiger charge is 1.86. The van der Waals surface area contributed by atoms with E-state index in [2.05, 4.69) is 15.6 Å². The van der Waals surface area contributed by atoms with E-state index in [1.54, 1.807) is 0 Å². The summed E-state index contributed by atoms with van der Waals surface area (Å²) in [6, 6.07) is 0. The lowest BCUT2D eigenvalue weighted by Gasteiger charge is -1.84. The smallest absolute Gasteiger partial charge is 0.103 e. The van der Waals surface area contributed by atoms with Crippen molar-refractivity contribution in [3.63, 3.8) is 0 Å². The average Bonchev–Trinajstić information content (AvgIpc) is 1.69. The first-order chi connectivity index (χ1) is 3.41. The number of rotatable bonds is 4. The monoisotopic (exact) mass is 89.1 g/mol. The molecule has 0 aliphatic rings. The van der Waals surface area contributed by atoms with Crippen LogP contribution < -0.4 is 0 Å². The summed E-state index contributed by atoms with van der Waals surface area (Å²) in [6.07, 6.45) is 2.49. The number of hydrogen-bond donors (Lipinski definition) is 0. The molecule has 7 heavy (non-hydrogen) atoms. The second-order valence-electron chi connectivity index (χ2n) is 1.91. The molecule has 0 aliphatic carbocycles. The van der Waals surface area contributed by atoms with Gasteiger partial charge in [0.1, 0.15) is 7.28 Å². The lowest BCUT2D eigenvalue weighted by atomic mass is 9.23. The van der Waals surface area contributed by atoms with Crippen molar-refractivity contribution >= 4 is 37.1 Å². The highest BCUT2D eigenvalue weighted by atomic mass is 13.3. The molecule has 0 spiro atoms. The Morgan fingerprint density at radius 1 is 1.57 bits per heavy atom. The molecule has 0 amide bonds. The molecule has 0 N–H and O–H groups in total. The van der Waals surface area contributed by atoms with Gasteiger partial charge in [-0.2, -0.15) is 0 Å². The van der Waals surface area contributed by atoms with Crippen LogP contribution in [0, 0.1) is 0 Å². The molecule has 0 saturated heterocycles. The van der Waals surface area contributed by atoms with E-state index in [9.17, 15) is 0 Å². The van der Waals surface area contributed by atoms with E-state index in [1.807, 2.05) is 0 Å². The standard InChI is InChI=1S/C2H10B5/c3-1-5-2-6-7-4/h3,5-7H,1-2,4H2. The van der Waals surface area contributed by atoms with E-state index in [4.69, 9.17) is 0 Å². The van der Waals surface area contributed by atoms with Crippen LogP contribution in [-0.2, 0) is 0 Å². The van der Waals surface area contributed by atoms with Crippen LogP contribution in [-0.4, -0.2) is 37.1 Å². The van der Waals surface area contributed by atoms with Crippen molar-refractivity contribution in [1.82, 2.24) is 0 Å². The molecule has 5 heteroatoms. The van der Waals surface area contributed by atoms with Gasteiger partial charge in [0.25, 0.3) is 0 Å². The molecule has 0 atom stereocenters. The predicted octanol–water partition coefficient (Wildman–Crippen LogP) is -2.59. The minimum absolute atomic E-state index is 1.11. The van der Waals surface area contributed by atoms with Crippen molar-refractivity contribution in [1.29, 1.82) is 0 Å². The Hall–Kier alpha value is 0.325. The molecular formula is C2H10B5. The summed E-state index contributed by atoms with van der Waals surface area (Å²) < 4.78 is 0. The second kappa shape index (κ2) is 6.32. The van der Waals surface area contributed by atoms with Gasteiger partial charge in [-0.25, -0.2) is 0 Å². The third kappa shape index (κ3) is 6.32. The average molecular weight is 88.2 g/mol. The molecular weight excluding hydrogens is 78.1 g/mol. The maximum Gasteiger partial charge on any atom is 0.103 e. The lowest BCUT2D eigenvalue weighted by Crippen LogP contribution is -2.05. The summed E-state index contributed by atoms with van der Waals surface area (Å²) in [7, 11) is 10.0. The molecule has 0 aromatic carbocycles. The Kier molecular flexibility index (Phi) is 6.62. The second-order valence-corrected chi connectivity index (χ2v) is 1.91. The van der Waals surface area contributed by atoms with Crippen LogP contribution in [0.4, 0.5) is 0 Å². The van der Waals surface area contributed by atoms with Crippen LogP contribution in [0.1, 0.15) is 0 Å². The van der Waals surface area contributed by atoms with Gasteiger partial charge in [0.2, 0.25) is 0 Å². The van der Waals surface area contributed by atoms with Gasteiger partial charge in [-0.05, 0) is 0 Å². The van der Waals surface area contributed by atoms with Crippen LogP contribution in [0.5, 0.6) is 0 Å². The zero-order valence-corrected chi connectivity index (χ0v) is 5.24. The molecule has 0 aromatic heterocycles. The molecule has 0 rings (SSSR count). The van der Waals surface area contributed by atoms with Gasteiger partial charge in [0, 0.05) is 0 Å². The molecule has 33 valence electrons. The van der Waals surface area contributed by atoms with Crippen molar-refractivity contribution < 1.29 is 0 Å². The number of hydrogen-bond acceptors (Lipinski definition) is 0. The summed E-state index contributed by atoms with van der Waals surface area (Å²) in [5, 5.41) is 0. The van der Waals surface area contributed by atoms with Crippen molar-refractivity contribution in [3.8, 4) is 0 Å². The van der Waals surface area contributed by atoms with E-state index in [0.29, 0.717) is 0 Å². The Morgan fingerprint density at radius 3 is 2.71 bits per heavy atom. The summed E-state index contributed by atoms with van der Waals surface area (Å²) in [5.74, 6) is 0. The van der Waals surface area contributed by atoms with Crippen LogP contribution in [0.2, 0.25) is 12.4 Å². The fourth-order valence-electron chi connectivity index (χ4n) is 0.604. The molecule has 0 saturated carbocycles. The highest BCUT2D eigenvalue weighted by Crippen LogP contribution is 1.74. The van der Waals surface area contributed by atoms with Crippen molar-refractivity contribution in [2.75, 3.05) is 0 Å². The van der Waals surface area contributed by atoms with Crippen molar-refractivity contribution in [2.45, 2.75) is 12.4 Å². The maximum atomic E-state index is 3.76. The molecule has 0 aliphatic heterocycles. The molecule has 0 unspecified atom stereocenters. The van der Waals surface area contributed by atoms with E-state index in [-0.39, 0.29) is 0 Å². The summed E-state index contributed by atoms with van der Waals surface area (Å²) in [5.41, 5.74) is 0. The van der Waals surface area contributed by atoms with Gasteiger partial charge in [-0.3, -0.25) is 0 Å². The van der Waals surface area contributed by atoms with Crippen LogP contribution in [0.25, 0.3) is 0 Å². The van der Waals surface area contributed by atoms with E-state index >= 15 is 0 Å². The summed E-state index contributed by atoms with van der Waals surface area (Å²) in [4.78, 5) is 0. The predicted molar refractivity (Wildman–Crippen MR) is 46.8 cm³/mol. The first kappa shape index (κ1) is 7.32. The Balaban J connectivity index is 2.45. The van der Waals surface area contributed by atoms with Crippen LogP contribution >= 0.6 is 0 Å². The Morgan fingerprint density at radius 2 is 2.29 bits per heavy atom. The van der Waals surface area contributed by atoms with Crippen molar-refractivity contribution in [3.05, 3.63) is 0 Å². The molecule has 0 heterocycles. The topological polar surface area (TPSA) is 0 Å². The zero-order chi connectivity index (χ0) is 5.54. The van der Waals surface area contributed by atoms with Gasteiger partial charge < -0.3 is 0 Å². The molecule has 0 aromatic rings. The summed E-state index contributed by atoms with van der Waals surface area (Å²) in [6.45, 7) is 0. The van der Waals surface area contributed by atoms with Gasteiger partial charge in [-0.15, -0.1) is 12.4 Å². The molecule has 1 radical (unpaired) electrons. The van der Waals surface area contributed by atoms with Gasteiger partial charge in [0.05, 0.1) is 29.8 Å². The Bertz CT molecular complexity index is 25.3. The SMILES string of the molecule is [BH]CBCBBB. The van der Waals surface area contributed by atoms with Gasteiger partial charge in [-0.1, -0.05) is 0 Å². The van der Waals surface area contributed by atoms with Crippen LogP contribution in [0.15, 0.2) is 0 Å². The first-order valence-electron chi connectivity index (χ1n) is 3.21. The normalized spacial score (nSPS) is 7.43. The minimum atomic E-state index is 1.11. The van der Waals surface area contributed by atoms with Crippen molar-refractivity contribution in [2.24, 2.45) is 0 Å². The fourth-order valence-corrected chi connectivity index (χ4v) is 0.604. The van der Waals surface area contributed by atoms with E-state index < -0.39 is 0 Å². The summed E-state index contributed by atoms with van der Waals surface area (Å²) >= 11 is 0. The fraction of sp³-hybridized carbons (Fsp3) is 1.00. The molecule has 0 fully saturated rings. The first-order valence-corrected chi connectivity index (χ1v) is 3.21.